The lowest BCUT2D eigenvalue weighted by molar-refractivity contribution is 0.139. The number of hydrogen-bond acceptors (Lipinski definition) is 5. The van der Waals surface area contributed by atoms with E-state index in [1.165, 1.54) is 29.8 Å². The van der Waals surface area contributed by atoms with Crippen LogP contribution < -0.4 is 0 Å². The largest absolute Gasteiger partial charge is 0.379 e. The summed E-state index contributed by atoms with van der Waals surface area (Å²) in [5.74, 6) is 2.30. The van der Waals surface area contributed by atoms with Crippen LogP contribution in [0.2, 0.25) is 0 Å². The van der Waals surface area contributed by atoms with Crippen LogP contribution in [0.25, 0.3) is 0 Å². The van der Waals surface area contributed by atoms with Gasteiger partial charge in [-0.25, -0.2) is 8.42 Å². The SMILES string of the molecule is CS(=O)(=O)N(CCC1CCC1)Cc1nnc2n1CCOCC2. The molecule has 0 atom stereocenters. The van der Waals surface area contributed by atoms with E-state index in [4.69, 9.17) is 4.74 Å². The fourth-order valence-electron chi connectivity index (χ4n) is 2.98. The smallest absolute Gasteiger partial charge is 0.211 e. The highest BCUT2D eigenvalue weighted by molar-refractivity contribution is 7.88. The maximum Gasteiger partial charge on any atom is 0.211 e. The van der Waals surface area contributed by atoms with Gasteiger partial charge in [0.15, 0.2) is 0 Å². The quantitative estimate of drug-likeness (QED) is 0.772. The van der Waals surface area contributed by atoms with Crippen molar-refractivity contribution in [3.8, 4) is 0 Å². The van der Waals surface area contributed by atoms with Gasteiger partial charge in [0.05, 0.1) is 26.0 Å². The molecule has 0 aromatic carbocycles. The molecule has 0 radical (unpaired) electrons. The molecule has 8 heteroatoms. The molecule has 0 spiro atoms. The average molecular weight is 328 g/mol. The Morgan fingerprint density at radius 2 is 2.14 bits per heavy atom. The van der Waals surface area contributed by atoms with Gasteiger partial charge in [-0.15, -0.1) is 10.2 Å². The lowest BCUT2D eigenvalue weighted by Gasteiger charge is -2.28. The second-order valence-electron chi connectivity index (χ2n) is 6.23. The molecule has 1 aliphatic heterocycles. The van der Waals surface area contributed by atoms with Gasteiger partial charge in [-0.05, 0) is 12.3 Å². The van der Waals surface area contributed by atoms with Crippen LogP contribution in [0.4, 0.5) is 0 Å². The van der Waals surface area contributed by atoms with Gasteiger partial charge in [0.2, 0.25) is 10.0 Å². The van der Waals surface area contributed by atoms with Gasteiger partial charge in [0.1, 0.15) is 11.6 Å². The molecule has 0 unspecified atom stereocenters. The maximum atomic E-state index is 12.1. The summed E-state index contributed by atoms with van der Waals surface area (Å²) in [5.41, 5.74) is 0. The minimum atomic E-state index is -3.24. The number of hydrogen-bond donors (Lipinski definition) is 0. The van der Waals surface area contributed by atoms with Crippen molar-refractivity contribution < 1.29 is 13.2 Å². The molecular weight excluding hydrogens is 304 g/mol. The molecule has 124 valence electrons. The highest BCUT2D eigenvalue weighted by Gasteiger charge is 2.25. The number of aromatic nitrogens is 3. The van der Waals surface area contributed by atoms with Gasteiger partial charge in [0.25, 0.3) is 0 Å². The Balaban J connectivity index is 1.71. The summed E-state index contributed by atoms with van der Waals surface area (Å²) in [7, 11) is -3.24. The fourth-order valence-corrected chi connectivity index (χ4v) is 3.77. The Bertz CT molecular complexity index is 610. The standard InChI is InChI=1S/C14H24N4O3S/c1-22(19,20)17(7-5-12-3-2-4-12)11-14-16-15-13-6-9-21-10-8-18(13)14/h12H,2-11H2,1H3. The van der Waals surface area contributed by atoms with Gasteiger partial charge >= 0.3 is 0 Å². The third-order valence-corrected chi connectivity index (χ3v) is 5.88. The van der Waals surface area contributed by atoms with Crippen molar-refractivity contribution in [1.29, 1.82) is 0 Å². The van der Waals surface area contributed by atoms with Crippen LogP contribution in [-0.2, 0) is 34.3 Å². The first-order valence-electron chi connectivity index (χ1n) is 7.98. The van der Waals surface area contributed by atoms with Gasteiger partial charge in [-0.1, -0.05) is 19.3 Å². The predicted molar refractivity (Wildman–Crippen MR) is 81.8 cm³/mol. The van der Waals surface area contributed by atoms with E-state index in [9.17, 15) is 8.42 Å². The van der Waals surface area contributed by atoms with E-state index in [1.54, 1.807) is 0 Å². The van der Waals surface area contributed by atoms with Crippen molar-refractivity contribution in [2.24, 2.45) is 5.92 Å². The Hall–Kier alpha value is -0.990. The van der Waals surface area contributed by atoms with Crippen molar-refractivity contribution in [3.63, 3.8) is 0 Å². The van der Waals surface area contributed by atoms with E-state index in [2.05, 4.69) is 10.2 Å². The van der Waals surface area contributed by atoms with Gasteiger partial charge in [0, 0.05) is 19.5 Å². The Kier molecular flexibility index (Phi) is 4.79. The van der Waals surface area contributed by atoms with E-state index in [0.717, 1.165) is 24.5 Å². The summed E-state index contributed by atoms with van der Waals surface area (Å²) in [6.07, 6.45) is 6.69. The zero-order chi connectivity index (χ0) is 15.6. The van der Waals surface area contributed by atoms with Crippen molar-refractivity contribution in [3.05, 3.63) is 11.6 Å². The highest BCUT2D eigenvalue weighted by atomic mass is 32.2. The molecule has 1 saturated carbocycles. The first-order chi connectivity index (χ1) is 10.5. The van der Waals surface area contributed by atoms with Crippen LogP contribution in [-0.4, -0.2) is 53.5 Å². The topological polar surface area (TPSA) is 77.3 Å². The van der Waals surface area contributed by atoms with E-state index >= 15 is 0 Å². The van der Waals surface area contributed by atoms with Gasteiger partial charge < -0.3 is 9.30 Å². The summed E-state index contributed by atoms with van der Waals surface area (Å²) < 4.78 is 33.1. The molecule has 0 amide bonds. The molecule has 1 fully saturated rings. The molecule has 1 aromatic rings. The first kappa shape index (κ1) is 15.9. The van der Waals surface area contributed by atoms with Crippen LogP contribution in [0, 0.1) is 5.92 Å². The first-order valence-corrected chi connectivity index (χ1v) is 9.82. The van der Waals surface area contributed by atoms with Crippen molar-refractivity contribution >= 4 is 10.0 Å². The van der Waals surface area contributed by atoms with Gasteiger partial charge in [-0.2, -0.15) is 4.31 Å². The van der Waals surface area contributed by atoms with Crippen LogP contribution in [0.15, 0.2) is 0 Å². The summed E-state index contributed by atoms with van der Waals surface area (Å²) in [6, 6.07) is 0. The molecular formula is C14H24N4O3S. The normalized spacial score (nSPS) is 19.7. The van der Waals surface area contributed by atoms with Crippen LogP contribution in [0.1, 0.15) is 37.3 Å². The summed E-state index contributed by atoms with van der Waals surface area (Å²) in [4.78, 5) is 0. The van der Waals surface area contributed by atoms with Gasteiger partial charge in [-0.3, -0.25) is 0 Å². The molecule has 0 saturated heterocycles. The molecule has 22 heavy (non-hydrogen) atoms. The molecule has 3 rings (SSSR count). The summed E-state index contributed by atoms with van der Waals surface area (Å²) in [6.45, 7) is 2.84. The van der Waals surface area contributed by atoms with Crippen LogP contribution >= 0.6 is 0 Å². The Morgan fingerprint density at radius 3 is 2.82 bits per heavy atom. The zero-order valence-corrected chi connectivity index (χ0v) is 13.9. The number of fused-ring (bicyclic) bond motifs is 1. The molecule has 0 bridgehead atoms. The molecule has 0 N–H and O–H groups in total. The van der Waals surface area contributed by atoms with Crippen molar-refractivity contribution in [2.75, 3.05) is 26.0 Å². The van der Waals surface area contributed by atoms with E-state index in [0.29, 0.717) is 38.8 Å². The average Bonchev–Trinajstić information content (AvgIpc) is 2.63. The summed E-state index contributed by atoms with van der Waals surface area (Å²) in [5, 5.41) is 8.39. The molecule has 1 aliphatic carbocycles. The van der Waals surface area contributed by atoms with E-state index in [-0.39, 0.29) is 0 Å². The maximum absolute atomic E-state index is 12.1. The number of nitrogens with zero attached hydrogens (tertiary/aromatic N) is 4. The number of ether oxygens (including phenoxy) is 1. The zero-order valence-electron chi connectivity index (χ0n) is 13.1. The van der Waals surface area contributed by atoms with Crippen molar-refractivity contribution in [1.82, 2.24) is 19.1 Å². The van der Waals surface area contributed by atoms with Crippen LogP contribution in [0.3, 0.4) is 0 Å². The third kappa shape index (κ3) is 3.67. The fraction of sp³-hybridized carbons (Fsp3) is 0.857. The lowest BCUT2D eigenvalue weighted by Crippen LogP contribution is -2.33. The number of sulfonamides is 1. The minimum Gasteiger partial charge on any atom is -0.379 e. The highest BCUT2D eigenvalue weighted by Crippen LogP contribution is 2.29. The Labute approximate surface area is 131 Å². The monoisotopic (exact) mass is 328 g/mol. The molecule has 2 aliphatic rings. The molecule has 7 nitrogen and oxygen atoms in total. The van der Waals surface area contributed by atoms with E-state index < -0.39 is 10.0 Å². The predicted octanol–water partition coefficient (Wildman–Crippen LogP) is 0.803. The second-order valence-corrected chi connectivity index (χ2v) is 8.21. The molecule has 1 aromatic heterocycles. The third-order valence-electron chi connectivity index (χ3n) is 4.63. The minimum absolute atomic E-state index is 0.304. The Morgan fingerprint density at radius 1 is 1.32 bits per heavy atom. The lowest BCUT2D eigenvalue weighted by atomic mass is 9.83. The number of rotatable bonds is 6. The summed E-state index contributed by atoms with van der Waals surface area (Å²) >= 11 is 0. The second kappa shape index (κ2) is 6.64. The molecule has 2 heterocycles. The van der Waals surface area contributed by atoms with Crippen molar-refractivity contribution in [2.45, 2.75) is 45.2 Å². The van der Waals surface area contributed by atoms with E-state index in [1.807, 2.05) is 4.57 Å². The van der Waals surface area contributed by atoms with Crippen LogP contribution in [0.5, 0.6) is 0 Å².